The minimum atomic E-state index is 0.0929. The van der Waals surface area contributed by atoms with E-state index in [0.29, 0.717) is 6.42 Å². The van der Waals surface area contributed by atoms with Crippen molar-refractivity contribution in [1.82, 2.24) is 4.98 Å². The fourth-order valence-electron chi connectivity index (χ4n) is 3.03. The lowest BCUT2D eigenvalue weighted by molar-refractivity contribution is -0.116. The fourth-order valence-corrected chi connectivity index (χ4v) is 3.83. The van der Waals surface area contributed by atoms with Gasteiger partial charge in [0.15, 0.2) is 5.13 Å². The van der Waals surface area contributed by atoms with Gasteiger partial charge in [-0.3, -0.25) is 4.79 Å². The molecule has 0 saturated carbocycles. The molecule has 0 spiro atoms. The summed E-state index contributed by atoms with van der Waals surface area (Å²) in [7, 11) is 0. The molecule has 0 fully saturated rings. The molecular weight excluding hydrogens is 330 g/mol. The molecule has 0 unspecified atom stereocenters. The molecule has 1 amide bonds. The van der Waals surface area contributed by atoms with E-state index in [9.17, 15) is 4.79 Å². The van der Waals surface area contributed by atoms with E-state index in [2.05, 4.69) is 41.1 Å². The first-order valence-electron chi connectivity index (χ1n) is 8.39. The number of thiazole rings is 1. The van der Waals surface area contributed by atoms with Crippen LogP contribution in [-0.2, 0) is 11.2 Å². The highest BCUT2D eigenvalue weighted by atomic mass is 32.1. The van der Waals surface area contributed by atoms with Crippen LogP contribution in [-0.4, -0.2) is 10.9 Å². The Labute approximate surface area is 150 Å². The summed E-state index contributed by atoms with van der Waals surface area (Å²) in [5.74, 6) is 0.0929. The predicted molar refractivity (Wildman–Crippen MR) is 103 cm³/mol. The maximum Gasteiger partial charge on any atom is 0.224 e. The number of nitrogens with zero attached hydrogens (tertiary/aromatic N) is 1. The SMILES string of the molecule is C[C@@H](Nc1nc(-c2ccc3c(c2)CCC(=O)N3)cs1)c1ccccc1. The van der Waals surface area contributed by atoms with Crippen molar-refractivity contribution in [1.29, 1.82) is 0 Å². The van der Waals surface area contributed by atoms with E-state index in [1.165, 1.54) is 11.1 Å². The highest BCUT2D eigenvalue weighted by Gasteiger charge is 2.16. The molecule has 1 aliphatic heterocycles. The van der Waals surface area contributed by atoms with Gasteiger partial charge < -0.3 is 10.6 Å². The number of benzene rings is 2. The summed E-state index contributed by atoms with van der Waals surface area (Å²) in [6.07, 6.45) is 1.34. The number of rotatable bonds is 4. The Kier molecular flexibility index (Phi) is 4.24. The lowest BCUT2D eigenvalue weighted by atomic mass is 9.99. The summed E-state index contributed by atoms with van der Waals surface area (Å²) < 4.78 is 0. The van der Waals surface area contributed by atoms with Crippen molar-refractivity contribution in [2.45, 2.75) is 25.8 Å². The van der Waals surface area contributed by atoms with E-state index in [0.717, 1.165) is 28.5 Å². The average molecular weight is 349 g/mol. The average Bonchev–Trinajstić information content (AvgIpc) is 3.10. The number of aromatic nitrogens is 1. The Bertz CT molecular complexity index is 904. The first-order valence-corrected chi connectivity index (χ1v) is 9.27. The Morgan fingerprint density at radius 3 is 2.84 bits per heavy atom. The highest BCUT2D eigenvalue weighted by Crippen LogP contribution is 2.31. The van der Waals surface area contributed by atoms with Gasteiger partial charge in [-0.2, -0.15) is 0 Å². The number of anilines is 2. The maximum atomic E-state index is 11.5. The third kappa shape index (κ3) is 3.42. The Balaban J connectivity index is 1.52. The standard InChI is InChI=1S/C20H19N3OS/c1-13(14-5-3-2-4-6-14)21-20-23-18(12-25-20)16-7-9-17-15(11-16)8-10-19(24)22-17/h2-7,9,11-13H,8,10H2,1H3,(H,21,23)(H,22,24)/t13-/m1/s1. The molecular formula is C20H19N3OS. The van der Waals surface area contributed by atoms with Crippen LogP contribution in [0.1, 0.15) is 30.5 Å². The van der Waals surface area contributed by atoms with Crippen LogP contribution in [0.15, 0.2) is 53.9 Å². The smallest absolute Gasteiger partial charge is 0.224 e. The van der Waals surface area contributed by atoms with Crippen LogP contribution < -0.4 is 10.6 Å². The van der Waals surface area contributed by atoms with E-state index < -0.39 is 0 Å². The fraction of sp³-hybridized carbons (Fsp3) is 0.200. The molecule has 1 aliphatic rings. The van der Waals surface area contributed by atoms with Crippen LogP contribution in [0.5, 0.6) is 0 Å². The number of hydrogen-bond acceptors (Lipinski definition) is 4. The van der Waals surface area contributed by atoms with Crippen molar-refractivity contribution in [2.75, 3.05) is 10.6 Å². The summed E-state index contributed by atoms with van der Waals surface area (Å²) in [6.45, 7) is 2.14. The number of nitrogens with one attached hydrogen (secondary N) is 2. The van der Waals surface area contributed by atoms with E-state index in [1.54, 1.807) is 11.3 Å². The molecule has 2 N–H and O–H groups in total. The van der Waals surface area contributed by atoms with Crippen LogP contribution in [0.3, 0.4) is 0 Å². The quantitative estimate of drug-likeness (QED) is 0.707. The number of carbonyl (C=O) groups is 1. The zero-order valence-electron chi connectivity index (χ0n) is 14.0. The molecule has 0 bridgehead atoms. The van der Waals surface area contributed by atoms with Crippen molar-refractivity contribution in [3.63, 3.8) is 0 Å². The van der Waals surface area contributed by atoms with Crippen molar-refractivity contribution in [2.24, 2.45) is 0 Å². The van der Waals surface area contributed by atoms with Crippen molar-refractivity contribution in [3.05, 3.63) is 65.0 Å². The zero-order chi connectivity index (χ0) is 17.2. The van der Waals surface area contributed by atoms with Gasteiger partial charge in [-0.1, -0.05) is 36.4 Å². The van der Waals surface area contributed by atoms with Crippen molar-refractivity contribution in [3.8, 4) is 11.3 Å². The summed E-state index contributed by atoms with van der Waals surface area (Å²) >= 11 is 1.61. The normalized spacial score (nSPS) is 14.5. The minimum Gasteiger partial charge on any atom is -0.355 e. The molecule has 25 heavy (non-hydrogen) atoms. The van der Waals surface area contributed by atoms with Crippen LogP contribution in [0, 0.1) is 0 Å². The van der Waals surface area contributed by atoms with E-state index in [1.807, 2.05) is 30.3 Å². The first kappa shape index (κ1) is 15.8. The topological polar surface area (TPSA) is 54.0 Å². The Hall–Kier alpha value is -2.66. The summed E-state index contributed by atoms with van der Waals surface area (Å²) in [6, 6.07) is 16.7. The molecule has 3 aromatic rings. The molecule has 0 aliphatic carbocycles. The van der Waals surface area contributed by atoms with Gasteiger partial charge in [-0.25, -0.2) is 4.98 Å². The number of amides is 1. The molecule has 5 heteroatoms. The zero-order valence-corrected chi connectivity index (χ0v) is 14.8. The monoisotopic (exact) mass is 349 g/mol. The predicted octanol–water partition coefficient (Wildman–Crippen LogP) is 4.87. The molecule has 2 aromatic carbocycles. The van der Waals surface area contributed by atoms with Gasteiger partial charge in [0.05, 0.1) is 11.7 Å². The second-order valence-electron chi connectivity index (χ2n) is 6.23. The van der Waals surface area contributed by atoms with Gasteiger partial charge >= 0.3 is 0 Å². The van der Waals surface area contributed by atoms with Crippen LogP contribution in [0.4, 0.5) is 10.8 Å². The second-order valence-corrected chi connectivity index (χ2v) is 7.09. The molecule has 0 saturated heterocycles. The maximum absolute atomic E-state index is 11.5. The summed E-state index contributed by atoms with van der Waals surface area (Å²) in [5.41, 5.74) is 5.39. The van der Waals surface area contributed by atoms with Gasteiger partial charge in [0.2, 0.25) is 5.91 Å². The number of fused-ring (bicyclic) bond motifs is 1. The molecule has 0 radical (unpaired) electrons. The summed E-state index contributed by atoms with van der Waals surface area (Å²) in [5, 5.41) is 9.37. The first-order chi connectivity index (χ1) is 12.2. The third-order valence-corrected chi connectivity index (χ3v) is 5.21. The van der Waals surface area contributed by atoms with E-state index >= 15 is 0 Å². The van der Waals surface area contributed by atoms with Crippen molar-refractivity contribution < 1.29 is 4.79 Å². The van der Waals surface area contributed by atoms with Crippen LogP contribution >= 0.6 is 11.3 Å². The minimum absolute atomic E-state index is 0.0929. The summed E-state index contributed by atoms with van der Waals surface area (Å²) in [4.78, 5) is 16.2. The van der Waals surface area contributed by atoms with E-state index in [4.69, 9.17) is 4.98 Å². The van der Waals surface area contributed by atoms with Gasteiger partial charge in [0, 0.05) is 23.1 Å². The number of carbonyl (C=O) groups excluding carboxylic acids is 1. The van der Waals surface area contributed by atoms with Crippen LogP contribution in [0.2, 0.25) is 0 Å². The molecule has 1 atom stereocenters. The Morgan fingerprint density at radius 2 is 2.00 bits per heavy atom. The Morgan fingerprint density at radius 1 is 1.16 bits per heavy atom. The number of hydrogen-bond donors (Lipinski definition) is 2. The molecule has 4 rings (SSSR count). The van der Waals surface area contributed by atoms with Gasteiger partial charge in [0.1, 0.15) is 0 Å². The molecule has 126 valence electrons. The van der Waals surface area contributed by atoms with Gasteiger partial charge in [-0.15, -0.1) is 11.3 Å². The highest BCUT2D eigenvalue weighted by molar-refractivity contribution is 7.14. The lowest BCUT2D eigenvalue weighted by Gasteiger charge is -2.17. The van der Waals surface area contributed by atoms with Gasteiger partial charge in [0.25, 0.3) is 0 Å². The van der Waals surface area contributed by atoms with Gasteiger partial charge in [-0.05, 0) is 36.6 Å². The third-order valence-electron chi connectivity index (χ3n) is 4.44. The number of aryl methyl sites for hydroxylation is 1. The van der Waals surface area contributed by atoms with E-state index in [-0.39, 0.29) is 11.9 Å². The molecule has 1 aromatic heterocycles. The largest absolute Gasteiger partial charge is 0.355 e. The molecule has 2 heterocycles. The molecule has 4 nitrogen and oxygen atoms in total. The van der Waals surface area contributed by atoms with Crippen molar-refractivity contribution >= 4 is 28.1 Å². The second kappa shape index (κ2) is 6.69. The van der Waals surface area contributed by atoms with Crippen LogP contribution in [0.25, 0.3) is 11.3 Å². The lowest BCUT2D eigenvalue weighted by Crippen LogP contribution is -2.18.